The summed E-state index contributed by atoms with van der Waals surface area (Å²) < 4.78 is 1.02. The maximum absolute atomic E-state index is 12.4. The number of ketones is 1. The number of halogens is 1. The van der Waals surface area contributed by atoms with Gasteiger partial charge in [-0.1, -0.05) is 28.1 Å². The van der Waals surface area contributed by atoms with Crippen LogP contribution in [0.25, 0.3) is 6.08 Å². The molecule has 1 aliphatic rings. The van der Waals surface area contributed by atoms with Gasteiger partial charge in [-0.2, -0.15) is 0 Å². The molecule has 0 aliphatic heterocycles. The number of phenolic OH excluding ortho intramolecular Hbond substituents is 1. The molecule has 0 radical (unpaired) electrons. The zero-order valence-corrected chi connectivity index (χ0v) is 12.4. The summed E-state index contributed by atoms with van der Waals surface area (Å²) in [7, 11) is 0. The number of carbonyl (C=O) groups excluding carboxylic acids is 1. The Balaban J connectivity index is 1.95. The molecule has 3 heteroatoms. The molecule has 0 spiro atoms. The first-order valence-corrected chi connectivity index (χ1v) is 7.25. The Bertz CT molecular complexity index is 699. The number of aromatic hydroxyl groups is 1. The highest BCUT2D eigenvalue weighted by Gasteiger charge is 2.21. The summed E-state index contributed by atoms with van der Waals surface area (Å²) in [6, 6.07) is 12.9. The van der Waals surface area contributed by atoms with E-state index in [4.69, 9.17) is 0 Å². The van der Waals surface area contributed by atoms with Gasteiger partial charge in [-0.15, -0.1) is 0 Å². The highest BCUT2D eigenvalue weighted by atomic mass is 79.9. The number of rotatable bonds is 1. The van der Waals surface area contributed by atoms with Gasteiger partial charge in [0.15, 0.2) is 5.78 Å². The molecule has 0 bridgehead atoms. The van der Waals surface area contributed by atoms with Gasteiger partial charge in [0.1, 0.15) is 5.75 Å². The van der Waals surface area contributed by atoms with Gasteiger partial charge < -0.3 is 5.11 Å². The minimum atomic E-state index is 0.0640. The molecule has 0 amide bonds. The first-order valence-electron chi connectivity index (χ1n) is 6.46. The standard InChI is InChI=1S/C17H13BrO2/c18-14-5-1-11(2-6-14)9-13-4-3-12-10-15(19)7-8-16(12)17(13)20/h1-2,5-10,19H,3-4H2/b13-9+. The number of hydrogen-bond donors (Lipinski definition) is 1. The Kier molecular flexibility index (Phi) is 3.45. The Labute approximate surface area is 125 Å². The molecule has 2 aromatic rings. The van der Waals surface area contributed by atoms with Crippen LogP contribution in [0.1, 0.15) is 27.9 Å². The topological polar surface area (TPSA) is 37.3 Å². The van der Waals surface area contributed by atoms with E-state index in [9.17, 15) is 9.90 Å². The lowest BCUT2D eigenvalue weighted by Crippen LogP contribution is -2.13. The first-order chi connectivity index (χ1) is 9.63. The van der Waals surface area contributed by atoms with Crippen molar-refractivity contribution in [1.82, 2.24) is 0 Å². The fourth-order valence-corrected chi connectivity index (χ4v) is 2.73. The highest BCUT2D eigenvalue weighted by molar-refractivity contribution is 9.10. The predicted octanol–water partition coefficient (Wildman–Crippen LogP) is 4.37. The largest absolute Gasteiger partial charge is 0.508 e. The molecule has 0 heterocycles. The second-order valence-electron chi connectivity index (χ2n) is 4.89. The van der Waals surface area contributed by atoms with Gasteiger partial charge in [-0.05, 0) is 60.4 Å². The third-order valence-electron chi connectivity index (χ3n) is 3.50. The van der Waals surface area contributed by atoms with E-state index in [1.54, 1.807) is 18.2 Å². The van der Waals surface area contributed by atoms with Gasteiger partial charge in [-0.25, -0.2) is 0 Å². The van der Waals surface area contributed by atoms with E-state index >= 15 is 0 Å². The minimum Gasteiger partial charge on any atom is -0.508 e. The van der Waals surface area contributed by atoms with Crippen molar-refractivity contribution >= 4 is 27.8 Å². The number of fused-ring (bicyclic) bond motifs is 1. The maximum atomic E-state index is 12.4. The first kappa shape index (κ1) is 13.1. The summed E-state index contributed by atoms with van der Waals surface area (Å²) in [5.41, 5.74) is 3.49. The summed E-state index contributed by atoms with van der Waals surface area (Å²) in [4.78, 5) is 12.4. The van der Waals surface area contributed by atoms with Crippen molar-refractivity contribution in [2.75, 3.05) is 0 Å². The summed E-state index contributed by atoms with van der Waals surface area (Å²) in [6.07, 6.45) is 3.45. The van der Waals surface area contributed by atoms with Crippen LogP contribution in [0.4, 0.5) is 0 Å². The molecule has 2 nitrogen and oxygen atoms in total. The van der Waals surface area contributed by atoms with E-state index in [1.165, 1.54) is 0 Å². The van der Waals surface area contributed by atoms with Gasteiger partial charge in [0.05, 0.1) is 0 Å². The Hall–Kier alpha value is -1.87. The fourth-order valence-electron chi connectivity index (χ4n) is 2.46. The van der Waals surface area contributed by atoms with Crippen LogP contribution < -0.4 is 0 Å². The second-order valence-corrected chi connectivity index (χ2v) is 5.81. The number of Topliss-reactive ketones (excluding diaryl/α,β-unsaturated/α-hetero) is 1. The average Bonchev–Trinajstić information content (AvgIpc) is 2.44. The van der Waals surface area contributed by atoms with Gasteiger partial charge in [-0.3, -0.25) is 4.79 Å². The number of aryl methyl sites for hydroxylation is 1. The summed E-state index contributed by atoms with van der Waals surface area (Å²) in [5.74, 6) is 0.283. The van der Waals surface area contributed by atoms with Crippen molar-refractivity contribution in [3.63, 3.8) is 0 Å². The number of allylic oxidation sites excluding steroid dienone is 1. The molecular weight excluding hydrogens is 316 g/mol. The zero-order chi connectivity index (χ0) is 14.1. The molecule has 0 saturated heterocycles. The lowest BCUT2D eigenvalue weighted by Gasteiger charge is -2.17. The van der Waals surface area contributed by atoms with Crippen LogP contribution in [-0.4, -0.2) is 10.9 Å². The Morgan fingerprint density at radius 1 is 1.05 bits per heavy atom. The normalized spacial score (nSPS) is 16.2. The van der Waals surface area contributed by atoms with Crippen LogP contribution >= 0.6 is 15.9 Å². The van der Waals surface area contributed by atoms with Gasteiger partial charge >= 0.3 is 0 Å². The van der Waals surface area contributed by atoms with Crippen molar-refractivity contribution in [2.45, 2.75) is 12.8 Å². The van der Waals surface area contributed by atoms with Crippen LogP contribution in [-0.2, 0) is 6.42 Å². The van der Waals surface area contributed by atoms with E-state index in [-0.39, 0.29) is 11.5 Å². The molecule has 100 valence electrons. The van der Waals surface area contributed by atoms with Crippen LogP contribution in [0, 0.1) is 0 Å². The smallest absolute Gasteiger partial charge is 0.189 e. The lowest BCUT2D eigenvalue weighted by molar-refractivity contribution is 0.102. The van der Waals surface area contributed by atoms with Crippen LogP contribution in [0.15, 0.2) is 52.5 Å². The molecule has 1 aliphatic carbocycles. The van der Waals surface area contributed by atoms with Crippen molar-refractivity contribution in [3.05, 3.63) is 69.2 Å². The highest BCUT2D eigenvalue weighted by Crippen LogP contribution is 2.29. The summed E-state index contributed by atoms with van der Waals surface area (Å²) in [6.45, 7) is 0. The lowest BCUT2D eigenvalue weighted by atomic mass is 9.86. The van der Waals surface area contributed by atoms with Crippen molar-refractivity contribution in [1.29, 1.82) is 0 Å². The Morgan fingerprint density at radius 2 is 1.80 bits per heavy atom. The third kappa shape index (κ3) is 2.54. The van der Waals surface area contributed by atoms with E-state index in [0.29, 0.717) is 12.0 Å². The fraction of sp³-hybridized carbons (Fsp3) is 0.118. The number of hydrogen-bond acceptors (Lipinski definition) is 2. The van der Waals surface area contributed by atoms with Gasteiger partial charge in [0.2, 0.25) is 0 Å². The quantitative estimate of drug-likeness (QED) is 0.789. The van der Waals surface area contributed by atoms with Crippen molar-refractivity contribution in [2.24, 2.45) is 0 Å². The molecule has 3 rings (SSSR count). The molecule has 2 aromatic carbocycles. The molecule has 20 heavy (non-hydrogen) atoms. The van der Waals surface area contributed by atoms with E-state index in [1.807, 2.05) is 30.3 Å². The maximum Gasteiger partial charge on any atom is 0.189 e. The third-order valence-corrected chi connectivity index (χ3v) is 4.03. The number of benzene rings is 2. The predicted molar refractivity (Wildman–Crippen MR) is 82.9 cm³/mol. The van der Waals surface area contributed by atoms with E-state index in [2.05, 4.69) is 15.9 Å². The SMILES string of the molecule is O=C1/C(=C/c2ccc(Br)cc2)CCc2cc(O)ccc21. The van der Waals surface area contributed by atoms with Crippen LogP contribution in [0.3, 0.4) is 0 Å². The molecular formula is C17H13BrO2. The van der Waals surface area contributed by atoms with Crippen LogP contribution in [0.2, 0.25) is 0 Å². The summed E-state index contributed by atoms with van der Waals surface area (Å²) in [5, 5.41) is 9.47. The second kappa shape index (κ2) is 5.25. The van der Waals surface area contributed by atoms with Gasteiger partial charge in [0.25, 0.3) is 0 Å². The minimum absolute atomic E-state index is 0.0640. The number of phenols is 1. The molecule has 0 atom stereocenters. The van der Waals surface area contributed by atoms with Crippen LogP contribution in [0.5, 0.6) is 5.75 Å². The van der Waals surface area contributed by atoms with Crippen molar-refractivity contribution in [3.8, 4) is 5.75 Å². The summed E-state index contributed by atoms with van der Waals surface area (Å²) >= 11 is 3.40. The molecule has 0 saturated carbocycles. The van der Waals surface area contributed by atoms with Crippen molar-refractivity contribution < 1.29 is 9.90 Å². The monoisotopic (exact) mass is 328 g/mol. The Morgan fingerprint density at radius 3 is 2.55 bits per heavy atom. The average molecular weight is 329 g/mol. The molecule has 0 unspecified atom stereocenters. The molecule has 0 fully saturated rings. The zero-order valence-electron chi connectivity index (χ0n) is 10.8. The number of carbonyl (C=O) groups is 1. The van der Waals surface area contributed by atoms with E-state index in [0.717, 1.165) is 27.6 Å². The van der Waals surface area contributed by atoms with E-state index < -0.39 is 0 Å². The molecule has 1 N–H and O–H groups in total. The molecule has 0 aromatic heterocycles. The van der Waals surface area contributed by atoms with Gasteiger partial charge in [0, 0.05) is 15.6 Å².